The van der Waals surface area contributed by atoms with E-state index in [0.29, 0.717) is 5.02 Å². The first-order valence-corrected chi connectivity index (χ1v) is 6.46. The van der Waals surface area contributed by atoms with Crippen molar-refractivity contribution in [3.8, 4) is 11.4 Å². The number of aromatic hydroxyl groups is 1. The predicted molar refractivity (Wildman–Crippen MR) is 80.0 cm³/mol. The molecule has 5 heteroatoms. The summed E-state index contributed by atoms with van der Waals surface area (Å²) in [6, 6.07) is 16.2. The summed E-state index contributed by atoms with van der Waals surface area (Å²) >= 11 is 5.94. The fourth-order valence-electron chi connectivity index (χ4n) is 1.85. The van der Waals surface area contributed by atoms with Crippen LogP contribution in [0.2, 0.25) is 5.02 Å². The monoisotopic (exact) mass is 285 g/mol. The lowest BCUT2D eigenvalue weighted by Gasteiger charge is -2.04. The van der Waals surface area contributed by atoms with Crippen molar-refractivity contribution < 1.29 is 5.11 Å². The second kappa shape index (κ2) is 5.27. The molecule has 0 fully saturated rings. The average molecular weight is 286 g/mol. The van der Waals surface area contributed by atoms with E-state index >= 15 is 0 Å². The molecule has 0 atom stereocenters. The molecule has 3 aromatic rings. The predicted octanol–water partition coefficient (Wildman–Crippen LogP) is 3.97. The molecule has 0 saturated carbocycles. The Bertz CT molecular complexity index is 722. The summed E-state index contributed by atoms with van der Waals surface area (Å²) in [6.45, 7) is 0. The van der Waals surface area contributed by atoms with E-state index in [1.165, 1.54) is 0 Å². The van der Waals surface area contributed by atoms with Gasteiger partial charge in [0.05, 0.1) is 5.69 Å². The normalized spacial score (nSPS) is 10.4. The van der Waals surface area contributed by atoms with Crippen LogP contribution in [0.5, 0.6) is 5.75 Å². The molecule has 0 saturated heterocycles. The quantitative estimate of drug-likeness (QED) is 0.765. The fourth-order valence-corrected chi connectivity index (χ4v) is 2.04. The molecule has 3 rings (SSSR count). The van der Waals surface area contributed by atoms with Crippen molar-refractivity contribution in [3.05, 3.63) is 65.8 Å². The van der Waals surface area contributed by atoms with Gasteiger partial charge < -0.3 is 10.4 Å². The number of aromatic nitrogens is 2. The van der Waals surface area contributed by atoms with Crippen molar-refractivity contribution in [2.45, 2.75) is 0 Å². The number of hydrogen-bond acceptors (Lipinski definition) is 3. The van der Waals surface area contributed by atoms with Gasteiger partial charge in [0.15, 0.2) is 5.82 Å². The average Bonchev–Trinajstić information content (AvgIpc) is 2.88. The number of nitrogens with zero attached hydrogens (tertiary/aromatic N) is 2. The highest BCUT2D eigenvalue weighted by Crippen LogP contribution is 2.20. The number of phenols is 1. The zero-order chi connectivity index (χ0) is 13.9. The van der Waals surface area contributed by atoms with Crippen LogP contribution in [0, 0.1) is 0 Å². The van der Waals surface area contributed by atoms with Crippen LogP contribution in [0.1, 0.15) is 0 Å². The van der Waals surface area contributed by atoms with E-state index in [9.17, 15) is 5.11 Å². The van der Waals surface area contributed by atoms with Gasteiger partial charge in [0, 0.05) is 23.0 Å². The first-order chi connectivity index (χ1) is 9.70. The van der Waals surface area contributed by atoms with Gasteiger partial charge in [-0.1, -0.05) is 17.7 Å². The second-order valence-corrected chi connectivity index (χ2v) is 4.73. The highest BCUT2D eigenvalue weighted by molar-refractivity contribution is 6.30. The molecule has 4 nitrogen and oxygen atoms in total. The lowest BCUT2D eigenvalue weighted by atomic mass is 10.3. The molecule has 100 valence electrons. The van der Waals surface area contributed by atoms with Gasteiger partial charge in [0.2, 0.25) is 0 Å². The molecule has 0 aliphatic heterocycles. The Labute approximate surface area is 121 Å². The molecule has 0 spiro atoms. The van der Waals surface area contributed by atoms with E-state index in [1.54, 1.807) is 28.9 Å². The van der Waals surface area contributed by atoms with Crippen molar-refractivity contribution >= 4 is 23.1 Å². The van der Waals surface area contributed by atoms with Crippen LogP contribution < -0.4 is 5.32 Å². The third-order valence-electron chi connectivity index (χ3n) is 2.80. The van der Waals surface area contributed by atoms with Crippen LogP contribution in [-0.2, 0) is 0 Å². The van der Waals surface area contributed by atoms with Gasteiger partial charge in [-0.3, -0.25) is 0 Å². The van der Waals surface area contributed by atoms with Crippen molar-refractivity contribution in [3.63, 3.8) is 0 Å². The van der Waals surface area contributed by atoms with Crippen LogP contribution >= 0.6 is 11.6 Å². The Kier molecular flexibility index (Phi) is 3.31. The maximum Gasteiger partial charge on any atom is 0.152 e. The van der Waals surface area contributed by atoms with E-state index in [0.717, 1.165) is 17.2 Å². The minimum absolute atomic E-state index is 0.234. The Balaban J connectivity index is 1.82. The first-order valence-electron chi connectivity index (χ1n) is 6.08. The molecule has 1 aromatic heterocycles. The molecule has 0 bridgehead atoms. The van der Waals surface area contributed by atoms with Crippen molar-refractivity contribution in [1.29, 1.82) is 0 Å². The molecule has 1 heterocycles. The fraction of sp³-hybridized carbons (Fsp3) is 0. The summed E-state index contributed by atoms with van der Waals surface area (Å²) in [5.41, 5.74) is 1.76. The number of nitrogens with one attached hydrogen (secondary N) is 1. The van der Waals surface area contributed by atoms with Gasteiger partial charge in [0.25, 0.3) is 0 Å². The largest absolute Gasteiger partial charge is 0.508 e. The summed E-state index contributed by atoms with van der Waals surface area (Å²) in [4.78, 5) is 0. The second-order valence-electron chi connectivity index (χ2n) is 4.30. The number of anilines is 2. The Hall–Kier alpha value is -2.46. The number of phenolic OH excluding ortho intramolecular Hbond substituents is 1. The zero-order valence-electron chi connectivity index (χ0n) is 10.5. The van der Waals surface area contributed by atoms with Gasteiger partial charge in [-0.25, -0.2) is 4.68 Å². The molecule has 2 N–H and O–H groups in total. The number of rotatable bonds is 3. The Morgan fingerprint density at radius 1 is 1.05 bits per heavy atom. The minimum atomic E-state index is 0.234. The SMILES string of the molecule is Oc1ccc(-n2ccc(Nc3cccc(Cl)c3)n2)cc1. The Morgan fingerprint density at radius 2 is 1.85 bits per heavy atom. The summed E-state index contributed by atoms with van der Waals surface area (Å²) in [5.74, 6) is 0.957. The topological polar surface area (TPSA) is 50.1 Å². The molecule has 0 radical (unpaired) electrons. The van der Waals surface area contributed by atoms with Gasteiger partial charge in [-0.15, -0.1) is 0 Å². The maximum atomic E-state index is 9.28. The molecule has 0 aliphatic rings. The van der Waals surface area contributed by atoms with E-state index in [-0.39, 0.29) is 5.75 Å². The molecule has 0 unspecified atom stereocenters. The molecule has 0 aliphatic carbocycles. The minimum Gasteiger partial charge on any atom is -0.508 e. The van der Waals surface area contributed by atoms with Gasteiger partial charge in [-0.05, 0) is 42.5 Å². The molecule has 2 aromatic carbocycles. The summed E-state index contributed by atoms with van der Waals surface area (Å²) < 4.78 is 1.73. The zero-order valence-corrected chi connectivity index (χ0v) is 11.2. The highest BCUT2D eigenvalue weighted by Gasteiger charge is 2.02. The molecular formula is C15H12ClN3O. The third-order valence-corrected chi connectivity index (χ3v) is 3.04. The van der Waals surface area contributed by atoms with Crippen molar-refractivity contribution in [2.75, 3.05) is 5.32 Å². The van der Waals surface area contributed by atoms with Crippen molar-refractivity contribution in [1.82, 2.24) is 9.78 Å². The summed E-state index contributed by atoms with van der Waals surface area (Å²) in [6.07, 6.45) is 1.85. The standard InChI is InChI=1S/C15H12ClN3O/c16-11-2-1-3-12(10-11)17-15-8-9-19(18-15)13-4-6-14(20)7-5-13/h1-10,20H,(H,17,18). The summed E-state index contributed by atoms with van der Waals surface area (Å²) in [7, 11) is 0. The third kappa shape index (κ3) is 2.75. The maximum absolute atomic E-state index is 9.28. The highest BCUT2D eigenvalue weighted by atomic mass is 35.5. The number of halogens is 1. The number of hydrogen-bond donors (Lipinski definition) is 2. The van der Waals surface area contributed by atoms with Gasteiger partial charge >= 0.3 is 0 Å². The van der Waals surface area contributed by atoms with Crippen LogP contribution in [0.3, 0.4) is 0 Å². The first kappa shape index (κ1) is 12.6. The van der Waals surface area contributed by atoms with Crippen LogP contribution in [0.4, 0.5) is 11.5 Å². The van der Waals surface area contributed by atoms with E-state index in [1.807, 2.05) is 36.5 Å². The van der Waals surface area contributed by atoms with Crippen LogP contribution in [-0.4, -0.2) is 14.9 Å². The summed E-state index contributed by atoms with van der Waals surface area (Å²) in [5, 5.41) is 17.5. The van der Waals surface area contributed by atoms with E-state index in [2.05, 4.69) is 10.4 Å². The molecule has 20 heavy (non-hydrogen) atoms. The van der Waals surface area contributed by atoms with Gasteiger partial charge in [0.1, 0.15) is 5.75 Å². The van der Waals surface area contributed by atoms with E-state index in [4.69, 9.17) is 11.6 Å². The number of benzene rings is 2. The molecule has 0 amide bonds. The molecular weight excluding hydrogens is 274 g/mol. The Morgan fingerprint density at radius 3 is 2.60 bits per heavy atom. The van der Waals surface area contributed by atoms with Crippen LogP contribution in [0.15, 0.2) is 60.8 Å². The van der Waals surface area contributed by atoms with E-state index < -0.39 is 0 Å². The van der Waals surface area contributed by atoms with Crippen molar-refractivity contribution in [2.24, 2.45) is 0 Å². The lowest BCUT2D eigenvalue weighted by molar-refractivity contribution is 0.475. The smallest absolute Gasteiger partial charge is 0.152 e. The van der Waals surface area contributed by atoms with Crippen LogP contribution in [0.25, 0.3) is 5.69 Å². The van der Waals surface area contributed by atoms with Gasteiger partial charge in [-0.2, -0.15) is 5.10 Å². The lowest BCUT2D eigenvalue weighted by Crippen LogP contribution is -1.96.